The quantitative estimate of drug-likeness (QED) is 0.684. The summed E-state index contributed by atoms with van der Waals surface area (Å²) in [7, 11) is 0. The minimum atomic E-state index is -0.427. The normalized spacial score (nSPS) is 19.8. The van der Waals surface area contributed by atoms with Crippen molar-refractivity contribution in [1.82, 2.24) is 9.80 Å². The molecule has 0 unspecified atom stereocenters. The Morgan fingerprint density at radius 3 is 2.83 bits per heavy atom. The maximum absolute atomic E-state index is 13.3. The summed E-state index contributed by atoms with van der Waals surface area (Å²) in [6.45, 7) is 4.78. The van der Waals surface area contributed by atoms with Gasteiger partial charge in [-0.15, -0.1) is 11.3 Å². The molecule has 1 aliphatic carbocycles. The molecule has 29 heavy (non-hydrogen) atoms. The van der Waals surface area contributed by atoms with Gasteiger partial charge in [0.05, 0.1) is 18.7 Å². The molecule has 4 rings (SSSR count). The highest BCUT2D eigenvalue weighted by Gasteiger charge is 2.34. The molecule has 1 aliphatic heterocycles. The van der Waals surface area contributed by atoms with Gasteiger partial charge in [-0.3, -0.25) is 9.69 Å². The third kappa shape index (κ3) is 5.38. The topological polar surface area (TPSA) is 53.0 Å². The number of benzene rings is 1. The van der Waals surface area contributed by atoms with Gasteiger partial charge in [-0.25, -0.2) is 0 Å². The van der Waals surface area contributed by atoms with Crippen LogP contribution in [-0.2, 0) is 11.2 Å². The summed E-state index contributed by atoms with van der Waals surface area (Å²) < 4.78 is 6.05. The van der Waals surface area contributed by atoms with E-state index in [1.165, 1.54) is 23.3 Å². The summed E-state index contributed by atoms with van der Waals surface area (Å²) in [5.74, 6) is 1.64. The summed E-state index contributed by atoms with van der Waals surface area (Å²) in [5, 5.41) is 12.0. The molecule has 0 bridgehead atoms. The van der Waals surface area contributed by atoms with Gasteiger partial charge >= 0.3 is 0 Å². The second-order valence-corrected chi connectivity index (χ2v) is 9.26. The van der Waals surface area contributed by atoms with Crippen LogP contribution in [0.25, 0.3) is 0 Å². The van der Waals surface area contributed by atoms with E-state index in [0.29, 0.717) is 25.6 Å². The first-order chi connectivity index (χ1) is 14.1. The Bertz CT molecular complexity index is 799. The molecule has 0 saturated heterocycles. The van der Waals surface area contributed by atoms with Crippen molar-refractivity contribution in [1.29, 1.82) is 0 Å². The van der Waals surface area contributed by atoms with E-state index in [1.54, 1.807) is 18.3 Å². The Kier molecular flexibility index (Phi) is 6.53. The average Bonchev–Trinajstić information content (AvgIpc) is 3.38. The Balaban J connectivity index is 1.46. The lowest BCUT2D eigenvalue weighted by Gasteiger charge is -2.37. The van der Waals surface area contributed by atoms with Gasteiger partial charge in [0.1, 0.15) is 12.4 Å². The van der Waals surface area contributed by atoms with E-state index in [2.05, 4.69) is 16.3 Å². The van der Waals surface area contributed by atoms with Crippen molar-refractivity contribution in [3.05, 3.63) is 52.2 Å². The average molecular weight is 415 g/mol. The molecule has 0 spiro atoms. The van der Waals surface area contributed by atoms with Crippen LogP contribution in [0, 0.1) is 5.92 Å². The number of carbonyl (C=O) groups excluding carboxylic acids is 1. The zero-order valence-electron chi connectivity index (χ0n) is 17.0. The third-order valence-corrected chi connectivity index (χ3v) is 6.66. The minimum absolute atomic E-state index is 0.0629. The van der Waals surface area contributed by atoms with Crippen molar-refractivity contribution >= 4 is 17.2 Å². The molecule has 1 aromatic carbocycles. The first-order valence-electron chi connectivity index (χ1n) is 10.5. The van der Waals surface area contributed by atoms with Crippen molar-refractivity contribution in [3.8, 4) is 5.75 Å². The molecule has 1 amide bonds. The van der Waals surface area contributed by atoms with Gasteiger partial charge in [0.15, 0.2) is 0 Å². The van der Waals surface area contributed by atoms with Crippen molar-refractivity contribution in [3.63, 3.8) is 0 Å². The molecule has 1 fully saturated rings. The molecule has 1 N–H and O–H groups in total. The number of amides is 1. The molecule has 0 radical (unpaired) electrons. The van der Waals surface area contributed by atoms with Crippen LogP contribution in [0.15, 0.2) is 41.8 Å². The van der Waals surface area contributed by atoms with Gasteiger partial charge in [-0.1, -0.05) is 18.2 Å². The van der Waals surface area contributed by atoms with E-state index in [1.807, 2.05) is 35.2 Å². The van der Waals surface area contributed by atoms with Crippen LogP contribution in [0.4, 0.5) is 0 Å². The van der Waals surface area contributed by atoms with Crippen LogP contribution in [0.5, 0.6) is 5.75 Å². The Morgan fingerprint density at radius 2 is 2.10 bits per heavy atom. The number of aliphatic hydroxyl groups is 1. The van der Waals surface area contributed by atoms with Crippen LogP contribution in [0.3, 0.4) is 0 Å². The zero-order chi connectivity index (χ0) is 20.2. The molecule has 2 heterocycles. The fourth-order valence-corrected chi connectivity index (χ4v) is 5.02. The number of aliphatic hydroxyl groups excluding tert-OH is 1. The second-order valence-electron chi connectivity index (χ2n) is 8.26. The van der Waals surface area contributed by atoms with Crippen molar-refractivity contribution < 1.29 is 14.6 Å². The number of fused-ring (bicyclic) bond motifs is 1. The van der Waals surface area contributed by atoms with E-state index in [0.717, 1.165) is 25.3 Å². The monoisotopic (exact) mass is 414 g/mol. The molecule has 1 saturated carbocycles. The number of rotatable bonds is 9. The molecule has 2 aliphatic rings. The lowest BCUT2D eigenvalue weighted by atomic mass is 10.0. The number of thiophene rings is 1. The van der Waals surface area contributed by atoms with E-state index in [4.69, 9.17) is 4.74 Å². The fraction of sp³-hybridized carbons (Fsp3) is 0.522. The van der Waals surface area contributed by atoms with Crippen molar-refractivity contribution in [2.24, 2.45) is 5.92 Å². The summed E-state index contributed by atoms with van der Waals surface area (Å²) >= 11 is 1.77. The zero-order valence-corrected chi connectivity index (χ0v) is 17.8. The summed E-state index contributed by atoms with van der Waals surface area (Å²) in [6, 6.07) is 11.9. The van der Waals surface area contributed by atoms with Crippen LogP contribution < -0.4 is 4.74 Å². The van der Waals surface area contributed by atoms with Gasteiger partial charge in [0, 0.05) is 24.5 Å². The minimum Gasteiger partial charge on any atom is -0.491 e. The van der Waals surface area contributed by atoms with Gasteiger partial charge in [0.2, 0.25) is 5.91 Å². The molecule has 2 atom stereocenters. The van der Waals surface area contributed by atoms with Crippen LogP contribution >= 0.6 is 11.3 Å². The van der Waals surface area contributed by atoms with E-state index >= 15 is 0 Å². The first-order valence-corrected chi connectivity index (χ1v) is 11.4. The maximum Gasteiger partial charge on any atom is 0.237 e. The maximum atomic E-state index is 13.3. The third-order valence-electron chi connectivity index (χ3n) is 5.66. The molecule has 2 aromatic rings. The fourth-order valence-electron chi connectivity index (χ4n) is 4.09. The largest absolute Gasteiger partial charge is 0.491 e. The first kappa shape index (κ1) is 20.4. The number of hydrogen-bond acceptors (Lipinski definition) is 5. The SMILES string of the molecule is C[C@@H](O)CN(CC(=O)N1CCc2sccc2[C@@H]1COc1ccccc1)CC1CC1. The highest BCUT2D eigenvalue weighted by Crippen LogP contribution is 2.34. The summed E-state index contributed by atoms with van der Waals surface area (Å²) in [5.41, 5.74) is 1.22. The van der Waals surface area contributed by atoms with Crippen LogP contribution in [0.2, 0.25) is 0 Å². The van der Waals surface area contributed by atoms with Gasteiger partial charge in [-0.2, -0.15) is 0 Å². The van der Waals surface area contributed by atoms with Gasteiger partial charge in [-0.05, 0) is 61.2 Å². The van der Waals surface area contributed by atoms with Gasteiger partial charge in [0.25, 0.3) is 0 Å². The summed E-state index contributed by atoms with van der Waals surface area (Å²) in [4.78, 5) is 18.8. The molecule has 1 aromatic heterocycles. The highest BCUT2D eigenvalue weighted by atomic mass is 32.1. The molecular formula is C23H30N2O3S. The Hall–Kier alpha value is -1.89. The van der Waals surface area contributed by atoms with E-state index in [-0.39, 0.29) is 11.9 Å². The predicted octanol–water partition coefficient (Wildman–Crippen LogP) is 3.35. The van der Waals surface area contributed by atoms with Crippen molar-refractivity contribution in [2.75, 3.05) is 32.8 Å². The van der Waals surface area contributed by atoms with E-state index < -0.39 is 6.10 Å². The Morgan fingerprint density at radius 1 is 1.31 bits per heavy atom. The standard InChI is InChI=1S/C23H30N2O3S/c1-17(26)13-24(14-18-7-8-18)15-23(27)25-11-9-22-20(10-12-29-22)21(25)16-28-19-5-3-2-4-6-19/h2-6,10,12,17-18,21,26H,7-9,11,13-16H2,1H3/t17-,21+/m1/s1. The second kappa shape index (κ2) is 9.28. The molecule has 6 heteroatoms. The highest BCUT2D eigenvalue weighted by molar-refractivity contribution is 7.10. The lowest BCUT2D eigenvalue weighted by Crippen LogP contribution is -2.48. The number of nitrogens with zero attached hydrogens (tertiary/aromatic N) is 2. The Labute approximate surface area is 176 Å². The van der Waals surface area contributed by atoms with Crippen LogP contribution in [-0.4, -0.2) is 59.7 Å². The molecule has 5 nitrogen and oxygen atoms in total. The summed E-state index contributed by atoms with van der Waals surface area (Å²) in [6.07, 6.45) is 2.95. The van der Waals surface area contributed by atoms with Gasteiger partial charge < -0.3 is 14.7 Å². The van der Waals surface area contributed by atoms with Crippen molar-refractivity contribution in [2.45, 2.75) is 38.3 Å². The smallest absolute Gasteiger partial charge is 0.237 e. The number of para-hydroxylation sites is 1. The molecule has 156 valence electrons. The number of hydrogen-bond donors (Lipinski definition) is 1. The predicted molar refractivity (Wildman–Crippen MR) is 115 cm³/mol. The van der Waals surface area contributed by atoms with Crippen LogP contribution in [0.1, 0.15) is 36.2 Å². The van der Waals surface area contributed by atoms with E-state index in [9.17, 15) is 9.90 Å². The number of ether oxygens (including phenoxy) is 1. The molecular weight excluding hydrogens is 384 g/mol. The number of carbonyl (C=O) groups is 1. The lowest BCUT2D eigenvalue weighted by molar-refractivity contribution is -0.136.